The van der Waals surface area contributed by atoms with E-state index in [0.29, 0.717) is 18.0 Å². The fourth-order valence-electron chi connectivity index (χ4n) is 4.92. The van der Waals surface area contributed by atoms with Gasteiger partial charge in [0.05, 0.1) is 0 Å². The minimum atomic E-state index is -0.453. The van der Waals surface area contributed by atoms with Gasteiger partial charge in [0.2, 0.25) is 5.91 Å². The van der Waals surface area contributed by atoms with E-state index in [1.54, 1.807) is 11.8 Å². The maximum atomic E-state index is 12.3. The third kappa shape index (κ3) is 3.56. The van der Waals surface area contributed by atoms with Crippen LogP contribution in [0.2, 0.25) is 0 Å². The second-order valence-corrected chi connectivity index (χ2v) is 9.64. The Labute approximate surface area is 161 Å². The Kier molecular flexibility index (Phi) is 4.24. The highest BCUT2D eigenvalue weighted by atomic mass is 16.6. The standard InChI is InChI=1S/C22H30N2O3/c1-15(25)24(19-10-18(19)16-8-6-5-7-9-16)17-11-22(12-17)13-23(14-22)20(26)27-21(2,3)4/h5-9,17-19H,10-14H2,1-4H3. The minimum Gasteiger partial charge on any atom is -0.444 e. The van der Waals surface area contributed by atoms with Gasteiger partial charge in [-0.3, -0.25) is 4.79 Å². The van der Waals surface area contributed by atoms with E-state index in [-0.39, 0.29) is 17.4 Å². The molecule has 5 heteroatoms. The van der Waals surface area contributed by atoms with E-state index in [9.17, 15) is 9.59 Å². The number of rotatable bonds is 3. The number of carbonyl (C=O) groups excluding carboxylic acids is 2. The number of carbonyl (C=O) groups is 2. The molecule has 0 aromatic heterocycles. The normalized spacial score (nSPS) is 26.1. The largest absolute Gasteiger partial charge is 0.444 e. The fourth-order valence-corrected chi connectivity index (χ4v) is 4.92. The van der Waals surface area contributed by atoms with Crippen molar-refractivity contribution in [3.63, 3.8) is 0 Å². The maximum Gasteiger partial charge on any atom is 0.410 e. The van der Waals surface area contributed by atoms with Crippen molar-refractivity contribution in [3.8, 4) is 0 Å². The van der Waals surface area contributed by atoms with Gasteiger partial charge in [0.15, 0.2) is 0 Å². The Morgan fingerprint density at radius 3 is 2.33 bits per heavy atom. The van der Waals surface area contributed by atoms with Gasteiger partial charge in [0.25, 0.3) is 0 Å². The molecule has 3 fully saturated rings. The first-order valence-corrected chi connectivity index (χ1v) is 9.99. The summed E-state index contributed by atoms with van der Waals surface area (Å²) >= 11 is 0. The van der Waals surface area contributed by atoms with Gasteiger partial charge >= 0.3 is 6.09 Å². The lowest BCUT2D eigenvalue weighted by molar-refractivity contribution is -0.146. The summed E-state index contributed by atoms with van der Waals surface area (Å²) in [5.41, 5.74) is 1.08. The summed E-state index contributed by atoms with van der Waals surface area (Å²) in [5, 5.41) is 0. The molecular formula is C22H30N2O3. The first kappa shape index (κ1) is 18.3. The third-order valence-electron chi connectivity index (χ3n) is 6.14. The zero-order valence-corrected chi connectivity index (χ0v) is 16.8. The van der Waals surface area contributed by atoms with E-state index in [1.165, 1.54) is 5.56 Å². The molecule has 2 unspecified atom stereocenters. The molecule has 146 valence electrons. The molecule has 27 heavy (non-hydrogen) atoms. The summed E-state index contributed by atoms with van der Waals surface area (Å²) in [4.78, 5) is 28.4. The number of benzene rings is 1. The Bertz CT molecular complexity index is 726. The number of amides is 2. The molecule has 1 heterocycles. The Morgan fingerprint density at radius 1 is 1.15 bits per heavy atom. The number of nitrogens with zero attached hydrogens (tertiary/aromatic N) is 2. The van der Waals surface area contributed by atoms with E-state index >= 15 is 0 Å². The van der Waals surface area contributed by atoms with Gasteiger partial charge in [-0.15, -0.1) is 0 Å². The van der Waals surface area contributed by atoms with Crippen molar-refractivity contribution in [3.05, 3.63) is 35.9 Å². The Hall–Kier alpha value is -2.04. The van der Waals surface area contributed by atoms with Gasteiger partial charge in [-0.2, -0.15) is 0 Å². The van der Waals surface area contributed by atoms with Gasteiger partial charge in [0, 0.05) is 43.4 Å². The zero-order valence-electron chi connectivity index (χ0n) is 16.8. The number of likely N-dealkylation sites (tertiary alicyclic amines) is 1. The van der Waals surface area contributed by atoms with Gasteiger partial charge < -0.3 is 14.5 Å². The molecule has 1 aromatic carbocycles. The molecule has 1 saturated heterocycles. The molecule has 1 aromatic rings. The Morgan fingerprint density at radius 2 is 1.78 bits per heavy atom. The average molecular weight is 370 g/mol. The van der Waals surface area contributed by atoms with Gasteiger partial charge in [-0.1, -0.05) is 30.3 Å². The highest BCUT2D eigenvalue weighted by Crippen LogP contribution is 2.54. The maximum absolute atomic E-state index is 12.3. The SMILES string of the molecule is CC(=O)N(C1CC2(C1)CN(C(=O)OC(C)(C)C)C2)C1CC1c1ccccc1. The summed E-state index contributed by atoms with van der Waals surface area (Å²) in [6, 6.07) is 11.2. The summed E-state index contributed by atoms with van der Waals surface area (Å²) in [5.74, 6) is 0.660. The number of hydrogen-bond acceptors (Lipinski definition) is 3. The van der Waals surface area contributed by atoms with Crippen LogP contribution in [-0.4, -0.2) is 52.6 Å². The lowest BCUT2D eigenvalue weighted by atomic mass is 9.60. The second-order valence-electron chi connectivity index (χ2n) is 9.64. The van der Waals surface area contributed by atoms with Crippen molar-refractivity contribution in [2.24, 2.45) is 5.41 Å². The molecule has 1 aliphatic heterocycles. The summed E-state index contributed by atoms with van der Waals surface area (Å²) in [7, 11) is 0. The van der Waals surface area contributed by atoms with E-state index < -0.39 is 5.60 Å². The minimum absolute atomic E-state index is 0.182. The van der Waals surface area contributed by atoms with E-state index in [2.05, 4.69) is 29.2 Å². The lowest BCUT2D eigenvalue weighted by Crippen LogP contribution is -2.68. The quantitative estimate of drug-likeness (QED) is 0.813. The van der Waals surface area contributed by atoms with Gasteiger partial charge in [0.1, 0.15) is 5.60 Å². The van der Waals surface area contributed by atoms with Crippen molar-refractivity contribution < 1.29 is 14.3 Å². The van der Waals surface area contributed by atoms with E-state index in [1.807, 2.05) is 26.8 Å². The van der Waals surface area contributed by atoms with Crippen LogP contribution in [0.25, 0.3) is 0 Å². The first-order chi connectivity index (χ1) is 12.7. The number of hydrogen-bond donors (Lipinski definition) is 0. The number of ether oxygens (including phenoxy) is 1. The molecule has 2 aliphatic carbocycles. The van der Waals surface area contributed by atoms with Crippen molar-refractivity contribution in [2.45, 2.75) is 70.6 Å². The summed E-state index contributed by atoms with van der Waals surface area (Å²) in [6.07, 6.45) is 2.86. The molecule has 2 saturated carbocycles. The predicted octanol–water partition coefficient (Wildman–Crippen LogP) is 3.79. The van der Waals surface area contributed by atoms with Crippen LogP contribution >= 0.6 is 0 Å². The molecule has 5 nitrogen and oxygen atoms in total. The van der Waals surface area contributed by atoms with Crippen molar-refractivity contribution in [2.75, 3.05) is 13.1 Å². The zero-order chi connectivity index (χ0) is 19.4. The highest BCUT2D eigenvalue weighted by Gasteiger charge is 2.58. The van der Waals surface area contributed by atoms with Crippen LogP contribution in [0.15, 0.2) is 30.3 Å². The Balaban J connectivity index is 1.31. The van der Waals surface area contributed by atoms with Crippen LogP contribution in [0.3, 0.4) is 0 Å². The van der Waals surface area contributed by atoms with Crippen molar-refractivity contribution in [1.82, 2.24) is 9.80 Å². The first-order valence-electron chi connectivity index (χ1n) is 9.99. The van der Waals surface area contributed by atoms with Crippen LogP contribution in [0.5, 0.6) is 0 Å². The van der Waals surface area contributed by atoms with Crippen molar-refractivity contribution in [1.29, 1.82) is 0 Å². The van der Waals surface area contributed by atoms with Crippen LogP contribution in [0.1, 0.15) is 58.4 Å². The monoisotopic (exact) mass is 370 g/mol. The smallest absolute Gasteiger partial charge is 0.410 e. The molecule has 2 amide bonds. The van der Waals surface area contributed by atoms with Crippen LogP contribution < -0.4 is 0 Å². The fraction of sp³-hybridized carbons (Fsp3) is 0.636. The van der Waals surface area contributed by atoms with Crippen LogP contribution in [0, 0.1) is 5.41 Å². The molecule has 1 spiro atoms. The lowest BCUT2D eigenvalue weighted by Gasteiger charge is -2.60. The second kappa shape index (κ2) is 6.25. The van der Waals surface area contributed by atoms with Crippen LogP contribution in [0.4, 0.5) is 4.79 Å². The average Bonchev–Trinajstić information content (AvgIpc) is 3.26. The highest BCUT2D eigenvalue weighted by molar-refractivity contribution is 5.75. The molecule has 0 N–H and O–H groups in total. The van der Waals surface area contributed by atoms with Crippen LogP contribution in [-0.2, 0) is 9.53 Å². The predicted molar refractivity (Wildman–Crippen MR) is 103 cm³/mol. The molecule has 4 rings (SSSR count). The van der Waals surface area contributed by atoms with Crippen molar-refractivity contribution >= 4 is 12.0 Å². The third-order valence-corrected chi connectivity index (χ3v) is 6.14. The molecule has 0 bridgehead atoms. The van der Waals surface area contributed by atoms with Gasteiger partial charge in [-0.05, 0) is 45.6 Å². The summed E-state index contributed by atoms with van der Waals surface area (Å²) < 4.78 is 5.45. The molecular weight excluding hydrogens is 340 g/mol. The molecule has 2 atom stereocenters. The summed E-state index contributed by atoms with van der Waals surface area (Å²) in [6.45, 7) is 8.89. The van der Waals surface area contributed by atoms with E-state index in [4.69, 9.17) is 4.74 Å². The molecule has 3 aliphatic rings. The van der Waals surface area contributed by atoms with E-state index in [0.717, 1.165) is 32.4 Å². The van der Waals surface area contributed by atoms with Gasteiger partial charge in [-0.25, -0.2) is 4.79 Å². The topological polar surface area (TPSA) is 49.9 Å². The molecule has 0 radical (unpaired) electrons.